The van der Waals surface area contributed by atoms with Crippen molar-refractivity contribution in [1.82, 2.24) is 5.32 Å². The van der Waals surface area contributed by atoms with Crippen molar-refractivity contribution in [2.24, 2.45) is 5.92 Å². The molecule has 2 atom stereocenters. The highest BCUT2D eigenvalue weighted by atomic mass is 32.1. The first-order valence-electron chi connectivity index (χ1n) is 10.1. The van der Waals surface area contributed by atoms with Crippen LogP contribution in [-0.2, 0) is 27.2 Å². The number of nitrogens with one attached hydrogen (secondary N) is 1. The molecule has 7 heteroatoms. The zero-order valence-electron chi connectivity index (χ0n) is 16.7. The lowest BCUT2D eigenvalue weighted by Gasteiger charge is -2.26. The van der Waals surface area contributed by atoms with Gasteiger partial charge in [0.15, 0.2) is 0 Å². The van der Waals surface area contributed by atoms with Crippen LogP contribution in [0.15, 0.2) is 54.6 Å². The summed E-state index contributed by atoms with van der Waals surface area (Å²) in [6.45, 7) is 0.0670. The molecule has 3 rings (SSSR count). The van der Waals surface area contributed by atoms with Crippen LogP contribution in [0.4, 0.5) is 5.69 Å². The normalized spacial score (nSPS) is 17.0. The third-order valence-corrected chi connectivity index (χ3v) is 5.77. The maximum atomic E-state index is 13.2. The monoisotopic (exact) mass is 426 g/mol. The number of aliphatic carboxylic acids is 1. The van der Waals surface area contributed by atoms with E-state index >= 15 is 0 Å². The molecule has 0 spiro atoms. The van der Waals surface area contributed by atoms with E-state index in [0.29, 0.717) is 25.0 Å². The Morgan fingerprint density at radius 2 is 1.83 bits per heavy atom. The van der Waals surface area contributed by atoms with Gasteiger partial charge in [-0.25, -0.2) is 0 Å². The van der Waals surface area contributed by atoms with E-state index in [1.54, 1.807) is 0 Å². The second-order valence-electron chi connectivity index (χ2n) is 7.43. The summed E-state index contributed by atoms with van der Waals surface area (Å²) < 4.78 is 0. The highest BCUT2D eigenvalue weighted by Crippen LogP contribution is 2.27. The fourth-order valence-electron chi connectivity index (χ4n) is 3.72. The van der Waals surface area contributed by atoms with Crippen LogP contribution in [0.3, 0.4) is 0 Å². The van der Waals surface area contributed by atoms with Crippen molar-refractivity contribution >= 4 is 36.1 Å². The van der Waals surface area contributed by atoms with Crippen LogP contribution in [-0.4, -0.2) is 41.2 Å². The zero-order valence-corrected chi connectivity index (χ0v) is 17.6. The maximum Gasteiger partial charge on any atom is 0.305 e. The Bertz CT molecular complexity index is 903. The molecular weight excluding hydrogens is 400 g/mol. The number of benzene rings is 2. The number of nitrogens with zero attached hydrogens (tertiary/aromatic N) is 1. The number of fused-ring (bicyclic) bond motifs is 1. The average molecular weight is 427 g/mol. The third-order valence-electron chi connectivity index (χ3n) is 5.33. The SMILES string of the molecule is O=C(O)CCN1C(=O)[C@@H](NC(=O)[C@@H](CS)Cc2ccccc2)CCc2ccccc21. The topological polar surface area (TPSA) is 86.7 Å². The summed E-state index contributed by atoms with van der Waals surface area (Å²) in [6, 6.07) is 16.5. The van der Waals surface area contributed by atoms with Gasteiger partial charge in [0, 0.05) is 18.0 Å². The van der Waals surface area contributed by atoms with Gasteiger partial charge in [-0.1, -0.05) is 48.5 Å². The second kappa shape index (κ2) is 10.3. The Morgan fingerprint density at radius 1 is 1.13 bits per heavy atom. The lowest BCUT2D eigenvalue weighted by atomic mass is 9.99. The smallest absolute Gasteiger partial charge is 0.305 e. The summed E-state index contributed by atoms with van der Waals surface area (Å²) in [5.74, 6) is -1.45. The molecule has 0 fully saturated rings. The van der Waals surface area contributed by atoms with E-state index in [1.807, 2.05) is 54.6 Å². The Balaban J connectivity index is 1.75. The minimum absolute atomic E-state index is 0.0670. The van der Waals surface area contributed by atoms with Crippen LogP contribution in [0, 0.1) is 5.92 Å². The molecule has 2 aromatic rings. The Hall–Kier alpha value is -2.80. The highest BCUT2D eigenvalue weighted by molar-refractivity contribution is 7.80. The maximum absolute atomic E-state index is 13.2. The number of para-hydroxylation sites is 1. The molecule has 2 aromatic carbocycles. The summed E-state index contributed by atoms with van der Waals surface area (Å²) in [7, 11) is 0. The molecule has 0 aliphatic carbocycles. The third kappa shape index (κ3) is 5.42. The van der Waals surface area contributed by atoms with Crippen LogP contribution in [0.25, 0.3) is 0 Å². The molecule has 2 N–H and O–H groups in total. The fraction of sp³-hybridized carbons (Fsp3) is 0.348. The lowest BCUT2D eigenvalue weighted by Crippen LogP contribution is -2.50. The first-order chi connectivity index (χ1) is 14.5. The predicted molar refractivity (Wildman–Crippen MR) is 119 cm³/mol. The molecule has 0 aromatic heterocycles. The largest absolute Gasteiger partial charge is 0.481 e. The molecule has 6 nitrogen and oxygen atoms in total. The number of thiol groups is 1. The minimum Gasteiger partial charge on any atom is -0.481 e. The van der Waals surface area contributed by atoms with Gasteiger partial charge in [0.05, 0.1) is 12.3 Å². The molecule has 1 aliphatic heterocycles. The quantitative estimate of drug-likeness (QED) is 0.567. The number of hydrogen-bond donors (Lipinski definition) is 3. The van der Waals surface area contributed by atoms with Crippen molar-refractivity contribution in [3.8, 4) is 0 Å². The van der Waals surface area contributed by atoms with E-state index in [0.717, 1.165) is 16.8 Å². The molecule has 2 amide bonds. The van der Waals surface area contributed by atoms with Gasteiger partial charge in [0.25, 0.3) is 0 Å². The van der Waals surface area contributed by atoms with E-state index in [4.69, 9.17) is 5.11 Å². The van der Waals surface area contributed by atoms with Crippen molar-refractivity contribution in [2.75, 3.05) is 17.2 Å². The highest BCUT2D eigenvalue weighted by Gasteiger charge is 2.32. The number of carbonyl (C=O) groups excluding carboxylic acids is 2. The van der Waals surface area contributed by atoms with Crippen molar-refractivity contribution in [1.29, 1.82) is 0 Å². The molecule has 0 saturated heterocycles. The summed E-state index contributed by atoms with van der Waals surface area (Å²) in [4.78, 5) is 38.7. The molecule has 1 aliphatic rings. The summed E-state index contributed by atoms with van der Waals surface area (Å²) in [5, 5.41) is 12.0. The first-order valence-corrected chi connectivity index (χ1v) is 10.7. The number of aryl methyl sites for hydroxylation is 1. The van der Waals surface area contributed by atoms with Gasteiger partial charge in [-0.2, -0.15) is 12.6 Å². The fourth-order valence-corrected chi connectivity index (χ4v) is 4.01. The lowest BCUT2D eigenvalue weighted by molar-refractivity contribution is -0.137. The van der Waals surface area contributed by atoms with Crippen LogP contribution >= 0.6 is 12.6 Å². The average Bonchev–Trinajstić information content (AvgIpc) is 2.88. The van der Waals surface area contributed by atoms with Gasteiger partial charge in [-0.15, -0.1) is 0 Å². The van der Waals surface area contributed by atoms with Crippen LogP contribution < -0.4 is 10.2 Å². The molecule has 0 radical (unpaired) electrons. The van der Waals surface area contributed by atoms with Crippen molar-refractivity contribution in [2.45, 2.75) is 31.7 Å². The molecule has 0 unspecified atom stereocenters. The summed E-state index contributed by atoms with van der Waals surface area (Å²) >= 11 is 4.34. The first kappa shape index (κ1) is 21.9. The number of amides is 2. The Morgan fingerprint density at radius 3 is 2.53 bits per heavy atom. The Labute approximate surface area is 181 Å². The van der Waals surface area contributed by atoms with Crippen LogP contribution in [0.1, 0.15) is 24.0 Å². The van der Waals surface area contributed by atoms with Crippen molar-refractivity contribution < 1.29 is 19.5 Å². The number of rotatable bonds is 8. The molecule has 30 heavy (non-hydrogen) atoms. The number of carboxylic acids is 1. The Kier molecular flexibility index (Phi) is 7.52. The van der Waals surface area contributed by atoms with Gasteiger partial charge in [-0.05, 0) is 36.5 Å². The predicted octanol–water partition coefficient (Wildman–Crippen LogP) is 2.71. The van der Waals surface area contributed by atoms with Gasteiger partial charge in [-0.3, -0.25) is 14.4 Å². The van der Waals surface area contributed by atoms with E-state index in [2.05, 4.69) is 17.9 Å². The summed E-state index contributed by atoms with van der Waals surface area (Å²) in [5.41, 5.74) is 2.73. The van der Waals surface area contributed by atoms with Crippen molar-refractivity contribution in [3.05, 3.63) is 65.7 Å². The zero-order chi connectivity index (χ0) is 21.5. The van der Waals surface area contributed by atoms with E-state index < -0.39 is 12.0 Å². The molecule has 0 saturated carbocycles. The second-order valence-corrected chi connectivity index (χ2v) is 7.80. The van der Waals surface area contributed by atoms with Crippen molar-refractivity contribution in [3.63, 3.8) is 0 Å². The number of anilines is 1. The van der Waals surface area contributed by atoms with Crippen LogP contribution in [0.5, 0.6) is 0 Å². The van der Waals surface area contributed by atoms with E-state index in [9.17, 15) is 14.4 Å². The van der Waals surface area contributed by atoms with E-state index in [-0.39, 0.29) is 30.7 Å². The standard InChI is InChI=1S/C23H26N2O4S/c26-21(27)12-13-25-20-9-5-4-8-17(20)10-11-19(23(25)29)24-22(28)18(15-30)14-16-6-2-1-3-7-16/h1-9,18-19,30H,10-15H2,(H,24,28)(H,26,27)/t18-,19+/m1/s1. The number of carboxylic acid groups (broad SMARTS) is 1. The minimum atomic E-state index is -0.969. The summed E-state index contributed by atoms with van der Waals surface area (Å²) in [6.07, 6.45) is 1.48. The van der Waals surface area contributed by atoms with Crippen LogP contribution in [0.2, 0.25) is 0 Å². The van der Waals surface area contributed by atoms with Gasteiger partial charge >= 0.3 is 5.97 Å². The molecule has 158 valence electrons. The molecule has 0 bridgehead atoms. The van der Waals surface area contributed by atoms with Gasteiger partial charge in [0.1, 0.15) is 6.04 Å². The van der Waals surface area contributed by atoms with Gasteiger partial charge in [0.2, 0.25) is 11.8 Å². The van der Waals surface area contributed by atoms with Gasteiger partial charge < -0.3 is 15.3 Å². The molecule has 1 heterocycles. The molecular formula is C23H26N2O4S. The number of carbonyl (C=O) groups is 3. The van der Waals surface area contributed by atoms with E-state index in [1.165, 1.54) is 4.90 Å². The number of hydrogen-bond acceptors (Lipinski definition) is 4.